The maximum atomic E-state index is 13.2. The quantitative estimate of drug-likeness (QED) is 0.407. The first-order valence-corrected chi connectivity index (χ1v) is 13.7. The minimum atomic E-state index is -3.54. The fourth-order valence-electron chi connectivity index (χ4n) is 5.12. The van der Waals surface area contributed by atoms with E-state index in [1.165, 1.54) is 28.3 Å². The number of nitrogens with zero attached hydrogens (tertiary/aromatic N) is 2. The molecular formula is C29H36N2O2S. The van der Waals surface area contributed by atoms with Crippen LogP contribution in [0.5, 0.6) is 0 Å². The second-order valence-electron chi connectivity index (χ2n) is 9.78. The van der Waals surface area contributed by atoms with E-state index in [2.05, 4.69) is 54.3 Å². The van der Waals surface area contributed by atoms with Crippen molar-refractivity contribution in [1.29, 1.82) is 0 Å². The molecule has 1 atom stereocenters. The molecule has 0 amide bonds. The second-order valence-corrected chi connectivity index (χ2v) is 11.8. The monoisotopic (exact) mass is 476 g/mol. The lowest BCUT2D eigenvalue weighted by Gasteiger charge is -2.38. The Balaban J connectivity index is 1.44. The summed E-state index contributed by atoms with van der Waals surface area (Å²) in [7, 11) is -1.84. The summed E-state index contributed by atoms with van der Waals surface area (Å²) in [4.78, 5) is 2.89. The normalized spacial score (nSPS) is 17.5. The molecule has 34 heavy (non-hydrogen) atoms. The van der Waals surface area contributed by atoms with Crippen LogP contribution in [0, 0.1) is 0 Å². The number of likely N-dealkylation sites (N-methyl/N-ethyl adjacent to an activating group) is 1. The molecule has 3 aromatic carbocycles. The van der Waals surface area contributed by atoms with Gasteiger partial charge in [-0.15, -0.1) is 0 Å². The van der Waals surface area contributed by atoms with Crippen molar-refractivity contribution in [3.05, 3.63) is 102 Å². The smallest absolute Gasteiger partial charge is 0.242 e. The van der Waals surface area contributed by atoms with E-state index in [0.717, 1.165) is 26.1 Å². The molecule has 1 aliphatic rings. The van der Waals surface area contributed by atoms with Gasteiger partial charge in [0.2, 0.25) is 10.0 Å². The summed E-state index contributed by atoms with van der Waals surface area (Å²) in [5.41, 5.74) is 2.35. The Labute approximate surface area is 205 Å². The summed E-state index contributed by atoms with van der Waals surface area (Å²) in [5, 5.41) is 0. The second kappa shape index (κ2) is 10.9. The van der Waals surface area contributed by atoms with Gasteiger partial charge in [-0.3, -0.25) is 0 Å². The van der Waals surface area contributed by atoms with Gasteiger partial charge < -0.3 is 4.90 Å². The fourth-order valence-corrected chi connectivity index (χ4v) is 6.44. The SMILES string of the molecule is CN(CC(C)(CCN1CCC(c2ccccc2)CC1)c1ccccc1)S(=O)(=O)c1ccccc1. The van der Waals surface area contributed by atoms with Gasteiger partial charge in [-0.1, -0.05) is 85.8 Å². The first-order chi connectivity index (χ1) is 16.4. The number of likely N-dealkylation sites (tertiary alicyclic amines) is 1. The average Bonchev–Trinajstić information content (AvgIpc) is 2.89. The topological polar surface area (TPSA) is 40.6 Å². The first-order valence-electron chi connectivity index (χ1n) is 12.2. The zero-order valence-electron chi connectivity index (χ0n) is 20.3. The summed E-state index contributed by atoms with van der Waals surface area (Å²) in [6, 6.07) is 29.9. The summed E-state index contributed by atoms with van der Waals surface area (Å²) >= 11 is 0. The van der Waals surface area contributed by atoms with Crippen LogP contribution in [0.1, 0.15) is 43.2 Å². The zero-order chi connectivity index (χ0) is 24.0. The van der Waals surface area contributed by atoms with Crippen LogP contribution in [0.4, 0.5) is 0 Å². The Morgan fingerprint density at radius 2 is 1.38 bits per heavy atom. The molecule has 1 heterocycles. The third kappa shape index (κ3) is 5.77. The molecule has 4 nitrogen and oxygen atoms in total. The molecule has 1 saturated heterocycles. The lowest BCUT2D eigenvalue weighted by atomic mass is 9.79. The van der Waals surface area contributed by atoms with Crippen molar-refractivity contribution in [1.82, 2.24) is 9.21 Å². The number of rotatable bonds is 9. The maximum Gasteiger partial charge on any atom is 0.242 e. The molecule has 0 aromatic heterocycles. The van der Waals surface area contributed by atoms with Gasteiger partial charge in [-0.2, -0.15) is 0 Å². The van der Waals surface area contributed by atoms with Gasteiger partial charge >= 0.3 is 0 Å². The number of benzene rings is 3. The van der Waals surface area contributed by atoms with Crippen molar-refractivity contribution >= 4 is 10.0 Å². The molecule has 0 aliphatic carbocycles. The van der Waals surface area contributed by atoms with E-state index in [4.69, 9.17) is 0 Å². The van der Waals surface area contributed by atoms with Gasteiger partial charge in [0, 0.05) is 19.0 Å². The molecule has 0 bridgehead atoms. The molecule has 4 rings (SSSR count). The van der Waals surface area contributed by atoms with Gasteiger partial charge in [0.1, 0.15) is 0 Å². The Kier molecular flexibility index (Phi) is 7.87. The molecule has 0 N–H and O–H groups in total. The Morgan fingerprint density at radius 3 is 1.97 bits per heavy atom. The van der Waals surface area contributed by atoms with E-state index in [1.807, 2.05) is 24.3 Å². The fraction of sp³-hybridized carbons (Fsp3) is 0.379. The van der Waals surface area contributed by atoms with Crippen LogP contribution in [0.25, 0.3) is 0 Å². The number of sulfonamides is 1. The van der Waals surface area contributed by atoms with Gasteiger partial charge in [-0.25, -0.2) is 12.7 Å². The van der Waals surface area contributed by atoms with Crippen molar-refractivity contribution in [2.45, 2.75) is 42.4 Å². The van der Waals surface area contributed by atoms with E-state index in [1.54, 1.807) is 31.3 Å². The van der Waals surface area contributed by atoms with Crippen LogP contribution in [-0.4, -0.2) is 50.8 Å². The average molecular weight is 477 g/mol. The minimum absolute atomic E-state index is 0.284. The Bertz CT molecular complexity index is 1130. The van der Waals surface area contributed by atoms with Gasteiger partial charge in [0.05, 0.1) is 4.90 Å². The van der Waals surface area contributed by atoms with Gasteiger partial charge in [-0.05, 0) is 68.1 Å². The molecule has 3 aromatic rings. The van der Waals surface area contributed by atoms with E-state index in [9.17, 15) is 8.42 Å². The molecule has 180 valence electrons. The van der Waals surface area contributed by atoms with Crippen molar-refractivity contribution in [2.24, 2.45) is 0 Å². The van der Waals surface area contributed by atoms with E-state index < -0.39 is 10.0 Å². The van der Waals surface area contributed by atoms with Crippen LogP contribution < -0.4 is 0 Å². The molecule has 1 unspecified atom stereocenters. The van der Waals surface area contributed by atoms with Crippen LogP contribution in [0.3, 0.4) is 0 Å². The van der Waals surface area contributed by atoms with E-state index in [0.29, 0.717) is 17.4 Å². The van der Waals surface area contributed by atoms with Crippen molar-refractivity contribution in [2.75, 3.05) is 33.2 Å². The first kappa shape index (κ1) is 24.6. The molecule has 0 spiro atoms. The minimum Gasteiger partial charge on any atom is -0.303 e. The van der Waals surface area contributed by atoms with Crippen LogP contribution in [0.15, 0.2) is 95.9 Å². The van der Waals surface area contributed by atoms with Crippen LogP contribution >= 0.6 is 0 Å². The highest BCUT2D eigenvalue weighted by atomic mass is 32.2. The Morgan fingerprint density at radius 1 is 0.853 bits per heavy atom. The highest BCUT2D eigenvalue weighted by Gasteiger charge is 2.33. The summed E-state index contributed by atoms with van der Waals surface area (Å²) < 4.78 is 28.0. The van der Waals surface area contributed by atoms with Crippen molar-refractivity contribution in [3.63, 3.8) is 0 Å². The number of hydrogen-bond acceptors (Lipinski definition) is 3. The Hall–Kier alpha value is -2.47. The van der Waals surface area contributed by atoms with E-state index in [-0.39, 0.29) is 5.41 Å². The molecule has 1 aliphatic heterocycles. The summed E-state index contributed by atoms with van der Waals surface area (Å²) in [6.07, 6.45) is 3.25. The summed E-state index contributed by atoms with van der Waals surface area (Å²) in [6.45, 7) is 5.78. The molecule has 0 radical (unpaired) electrons. The maximum absolute atomic E-state index is 13.2. The lowest BCUT2D eigenvalue weighted by Crippen LogP contribution is -2.43. The van der Waals surface area contributed by atoms with Crippen LogP contribution in [0.2, 0.25) is 0 Å². The largest absolute Gasteiger partial charge is 0.303 e. The lowest BCUT2D eigenvalue weighted by molar-refractivity contribution is 0.187. The zero-order valence-corrected chi connectivity index (χ0v) is 21.1. The number of hydrogen-bond donors (Lipinski definition) is 0. The predicted octanol–water partition coefficient (Wildman–Crippen LogP) is 5.53. The highest BCUT2D eigenvalue weighted by Crippen LogP contribution is 2.33. The predicted molar refractivity (Wildman–Crippen MR) is 140 cm³/mol. The summed E-state index contributed by atoms with van der Waals surface area (Å²) in [5.74, 6) is 0.639. The third-order valence-corrected chi connectivity index (χ3v) is 9.15. The standard InChI is InChI=1S/C29H36N2O2S/c1-29(27-14-8-4-9-15-27,24-30(2)34(32,33)28-16-10-5-11-17-28)20-23-31-21-18-26(19-22-31)25-12-6-3-7-13-25/h3-17,26H,18-24H2,1-2H3. The highest BCUT2D eigenvalue weighted by molar-refractivity contribution is 7.89. The molecular weight excluding hydrogens is 440 g/mol. The van der Waals surface area contributed by atoms with Crippen molar-refractivity contribution in [3.8, 4) is 0 Å². The third-order valence-electron chi connectivity index (χ3n) is 7.33. The molecule has 5 heteroatoms. The van der Waals surface area contributed by atoms with Gasteiger partial charge in [0.25, 0.3) is 0 Å². The van der Waals surface area contributed by atoms with Gasteiger partial charge in [0.15, 0.2) is 0 Å². The van der Waals surface area contributed by atoms with Crippen LogP contribution in [-0.2, 0) is 15.4 Å². The van der Waals surface area contributed by atoms with E-state index >= 15 is 0 Å². The molecule has 0 saturated carbocycles. The van der Waals surface area contributed by atoms with Crippen molar-refractivity contribution < 1.29 is 8.42 Å². The molecule has 1 fully saturated rings. The number of piperidine rings is 1.